The summed E-state index contributed by atoms with van der Waals surface area (Å²) in [5.41, 5.74) is 0. The van der Waals surface area contributed by atoms with E-state index in [4.69, 9.17) is 0 Å². The Kier molecular flexibility index (Phi) is 91.0. The van der Waals surface area contributed by atoms with Gasteiger partial charge in [0, 0.05) is 51.2 Å². The summed E-state index contributed by atoms with van der Waals surface area (Å²) in [5.74, 6) is -3.66. The van der Waals surface area contributed by atoms with E-state index in [1.165, 1.54) is 257 Å². The Labute approximate surface area is 523 Å². The fourth-order valence-corrected chi connectivity index (χ4v) is 9.36. The fraction of sp³-hybridized carbons (Fsp3) is 0.833. The summed E-state index contributed by atoms with van der Waals surface area (Å²) in [6, 6.07) is 0. The summed E-state index contributed by atoms with van der Waals surface area (Å²) in [7, 11) is 0. The van der Waals surface area contributed by atoms with Crippen molar-refractivity contribution in [1.82, 2.24) is 0 Å². The number of aliphatic carboxylic acids is 4. The van der Waals surface area contributed by atoms with Crippen molar-refractivity contribution in [2.24, 2.45) is 0 Å². The molecule has 0 aliphatic carbocycles. The Morgan fingerprint density at radius 2 is 0.309 bits per heavy atom. The van der Waals surface area contributed by atoms with E-state index >= 15 is 0 Å². The summed E-state index contributed by atoms with van der Waals surface area (Å²) < 4.78 is 0. The van der Waals surface area contributed by atoms with Crippen molar-refractivity contribution in [1.29, 1.82) is 0 Å². The minimum Gasteiger partial charge on any atom is -0.550 e. The van der Waals surface area contributed by atoms with Crippen LogP contribution in [0.3, 0.4) is 0 Å². The van der Waals surface area contributed by atoms with Crippen molar-refractivity contribution in [3.8, 4) is 0 Å². The van der Waals surface area contributed by atoms with Crippen LogP contribution in [0.2, 0.25) is 0 Å². The maximum Gasteiger partial charge on any atom is 0.0414 e. The number of carboxylic acid groups (broad SMARTS) is 4. The quantitative estimate of drug-likeness (QED) is 0.0330. The maximum absolute atomic E-state index is 10.2. The van der Waals surface area contributed by atoms with Crippen LogP contribution < -0.4 is 20.4 Å². The second kappa shape index (κ2) is 84.2. The topological polar surface area (TPSA) is 161 Å². The van der Waals surface area contributed by atoms with Gasteiger partial charge in [0.05, 0.1) is 0 Å². The number of hydrogen-bond acceptors (Lipinski definition) is 8. The molecule has 9 heteroatoms. The molecule has 0 aliphatic rings. The molecule has 8 nitrogen and oxygen atoms in total. The van der Waals surface area contributed by atoms with Gasteiger partial charge in [0.25, 0.3) is 0 Å². The second-order valence-electron chi connectivity index (χ2n) is 22.8. The molecule has 4 radical (unpaired) electrons. The third-order valence-electron chi connectivity index (χ3n) is 14.6. The van der Waals surface area contributed by atoms with Crippen LogP contribution in [0.5, 0.6) is 0 Å². The predicted molar refractivity (Wildman–Crippen MR) is 344 cm³/mol. The molecular weight excluding hydrogens is 1200 g/mol. The van der Waals surface area contributed by atoms with Crippen LogP contribution in [0.4, 0.5) is 0 Å². The van der Waals surface area contributed by atoms with Gasteiger partial charge in [0.1, 0.15) is 0 Å². The molecule has 0 atom stereocenters. The number of hydrogen-bond donors (Lipinski definition) is 0. The minimum absolute atomic E-state index is 0. The van der Waals surface area contributed by atoms with Crippen molar-refractivity contribution < 1.29 is 39.6 Å². The van der Waals surface area contributed by atoms with Gasteiger partial charge in [-0.15, -0.1) is 0 Å². The van der Waals surface area contributed by atoms with Crippen LogP contribution in [-0.4, -0.2) is 51.2 Å². The van der Waals surface area contributed by atoms with E-state index in [9.17, 15) is 39.6 Å². The Morgan fingerprint density at radius 3 is 0.432 bits per heavy atom. The van der Waals surface area contributed by atoms with E-state index in [1.807, 2.05) is 0 Å². The Balaban J connectivity index is -0.000000316. The van der Waals surface area contributed by atoms with E-state index in [0.29, 0.717) is 0 Å². The number of allylic oxidation sites excluding steroid dienone is 8. The largest absolute Gasteiger partial charge is 0.550 e. The van der Waals surface area contributed by atoms with Gasteiger partial charge in [-0.05, 0) is 154 Å². The molecule has 0 heterocycles. The van der Waals surface area contributed by atoms with Crippen molar-refractivity contribution >= 4 is 51.2 Å². The molecule has 0 saturated heterocycles. The first-order valence-corrected chi connectivity index (χ1v) is 34.5. The van der Waals surface area contributed by atoms with Crippen molar-refractivity contribution in [2.75, 3.05) is 0 Å². The number of rotatable bonds is 60. The molecule has 0 bridgehead atoms. The molecular formula is C72H132O8Pb-4. The van der Waals surface area contributed by atoms with Gasteiger partial charge in [-0.25, -0.2) is 0 Å². The van der Waals surface area contributed by atoms with Gasteiger partial charge in [-0.1, -0.05) is 282 Å². The van der Waals surface area contributed by atoms with Crippen LogP contribution in [0.1, 0.15) is 387 Å². The molecule has 0 aromatic heterocycles. The van der Waals surface area contributed by atoms with Crippen molar-refractivity contribution in [3.05, 3.63) is 48.6 Å². The molecule has 476 valence electrons. The first-order chi connectivity index (χ1) is 39.1. The molecule has 0 spiro atoms. The number of carbonyl (C=O) groups excluding carboxylic acids is 4. The molecule has 0 unspecified atom stereocenters. The van der Waals surface area contributed by atoms with E-state index in [-0.39, 0.29) is 53.0 Å². The van der Waals surface area contributed by atoms with Gasteiger partial charge in [0.2, 0.25) is 0 Å². The molecule has 0 aliphatic heterocycles. The van der Waals surface area contributed by atoms with E-state index in [1.54, 1.807) is 0 Å². The zero-order valence-corrected chi connectivity index (χ0v) is 57.9. The average Bonchev–Trinajstić information content (AvgIpc) is 3.43. The molecule has 81 heavy (non-hydrogen) atoms. The molecule has 0 saturated carbocycles. The van der Waals surface area contributed by atoms with Crippen LogP contribution in [-0.2, 0) is 19.2 Å². The summed E-state index contributed by atoms with van der Waals surface area (Å²) in [5, 5.41) is 40.9. The molecule has 0 rings (SSSR count). The standard InChI is InChI=1S/4C18H34O2.Pb/c4*1-2-3-4-5-6-7-8-9-10-11-12-13-14-15-16-17-18(19)20;/h4*9-10H,2-8,11-17H2,1H3,(H,19,20);/p-4/b4*10-9-;. The third-order valence-corrected chi connectivity index (χ3v) is 14.6. The molecule has 0 aromatic carbocycles. The van der Waals surface area contributed by atoms with Crippen molar-refractivity contribution in [2.45, 2.75) is 387 Å². The normalized spacial score (nSPS) is 11.1. The van der Waals surface area contributed by atoms with Gasteiger partial charge >= 0.3 is 0 Å². The first kappa shape index (κ1) is 87.5. The molecule has 0 fully saturated rings. The minimum atomic E-state index is -0.914. The van der Waals surface area contributed by atoms with Gasteiger partial charge in [0.15, 0.2) is 0 Å². The SMILES string of the molecule is CCCCCCCC/C=C\CCCCCCCC(=O)[O-].CCCCCCCC/C=C\CCCCCCCC(=O)[O-].CCCCCCCC/C=C\CCCCCCCC(=O)[O-].CCCCCCCC/C=C\CCCCCCCC(=O)[O-].[Pb]. The summed E-state index contributed by atoms with van der Waals surface area (Å²) in [6.45, 7) is 9.02. The summed E-state index contributed by atoms with van der Waals surface area (Å²) >= 11 is 0. The zero-order valence-electron chi connectivity index (χ0n) is 54.0. The van der Waals surface area contributed by atoms with Crippen LogP contribution in [0.25, 0.3) is 0 Å². The Morgan fingerprint density at radius 1 is 0.198 bits per heavy atom. The number of unbranched alkanes of at least 4 members (excludes halogenated alkanes) is 44. The van der Waals surface area contributed by atoms with Crippen LogP contribution in [0.15, 0.2) is 48.6 Å². The first-order valence-electron chi connectivity index (χ1n) is 34.5. The monoisotopic (exact) mass is 1330 g/mol. The van der Waals surface area contributed by atoms with Gasteiger partial charge < -0.3 is 39.6 Å². The third kappa shape index (κ3) is 103. The molecule has 0 N–H and O–H groups in total. The van der Waals surface area contributed by atoms with E-state index in [2.05, 4.69) is 76.3 Å². The summed E-state index contributed by atoms with van der Waals surface area (Å²) in [4.78, 5) is 40.9. The molecule has 0 amide bonds. The van der Waals surface area contributed by atoms with E-state index < -0.39 is 23.9 Å². The average molecular weight is 1330 g/mol. The van der Waals surface area contributed by atoms with E-state index in [0.717, 1.165) is 77.0 Å². The van der Waals surface area contributed by atoms with Gasteiger partial charge in [-0.3, -0.25) is 0 Å². The predicted octanol–water partition coefficient (Wildman–Crippen LogP) is 18.7. The Bertz CT molecular complexity index is 1140. The van der Waals surface area contributed by atoms with Crippen LogP contribution >= 0.6 is 0 Å². The summed E-state index contributed by atoms with van der Waals surface area (Å²) in [6.07, 6.45) is 83.6. The second-order valence-corrected chi connectivity index (χ2v) is 22.8. The van der Waals surface area contributed by atoms with Crippen LogP contribution in [0, 0.1) is 0 Å². The Hall–Kier alpha value is -2.24. The van der Waals surface area contributed by atoms with Crippen molar-refractivity contribution in [3.63, 3.8) is 0 Å². The maximum atomic E-state index is 10.2. The smallest absolute Gasteiger partial charge is 0.0414 e. The van der Waals surface area contributed by atoms with Gasteiger partial charge in [-0.2, -0.15) is 0 Å². The fourth-order valence-electron chi connectivity index (χ4n) is 9.36. The number of carboxylic acids is 4. The molecule has 0 aromatic rings. The number of carbonyl (C=O) groups is 4. The zero-order chi connectivity index (χ0) is 59.6.